The molecule has 0 spiro atoms. The fraction of sp³-hybridized carbons (Fsp3) is 0.929. The Balaban J connectivity index is 1.67. The standard InChI is InChI=1S/C14H27N3O/c1-12-5-9-17(10-6-12)14(18)15-11-13(2)16-7-3-4-8-16/h12-13H,3-11H2,1-2H3,(H,15,18). The number of rotatable bonds is 3. The average Bonchev–Trinajstić information content (AvgIpc) is 2.90. The zero-order valence-electron chi connectivity index (χ0n) is 11.8. The Hall–Kier alpha value is -0.770. The lowest BCUT2D eigenvalue weighted by molar-refractivity contribution is 0.169. The molecule has 1 atom stereocenters. The Morgan fingerprint density at radius 2 is 1.83 bits per heavy atom. The number of hydrogen-bond acceptors (Lipinski definition) is 2. The van der Waals surface area contributed by atoms with E-state index in [0.29, 0.717) is 6.04 Å². The molecule has 4 nitrogen and oxygen atoms in total. The van der Waals surface area contributed by atoms with Crippen LogP contribution in [0.25, 0.3) is 0 Å². The van der Waals surface area contributed by atoms with Crippen LogP contribution >= 0.6 is 0 Å². The van der Waals surface area contributed by atoms with Gasteiger partial charge in [-0.1, -0.05) is 6.92 Å². The lowest BCUT2D eigenvalue weighted by Crippen LogP contribution is -2.48. The van der Waals surface area contributed by atoms with E-state index < -0.39 is 0 Å². The highest BCUT2D eigenvalue weighted by molar-refractivity contribution is 5.74. The molecule has 1 N–H and O–H groups in total. The highest BCUT2D eigenvalue weighted by Crippen LogP contribution is 2.16. The van der Waals surface area contributed by atoms with Crippen LogP contribution in [0.2, 0.25) is 0 Å². The zero-order chi connectivity index (χ0) is 13.0. The number of likely N-dealkylation sites (tertiary alicyclic amines) is 2. The van der Waals surface area contributed by atoms with E-state index in [1.165, 1.54) is 25.9 Å². The molecule has 1 unspecified atom stereocenters. The maximum absolute atomic E-state index is 12.0. The van der Waals surface area contributed by atoms with Gasteiger partial charge in [0.1, 0.15) is 0 Å². The number of nitrogens with one attached hydrogen (secondary N) is 1. The molecule has 0 aromatic carbocycles. The Bertz CT molecular complexity index is 268. The van der Waals surface area contributed by atoms with Gasteiger partial charge in [0.25, 0.3) is 0 Å². The molecule has 0 aliphatic carbocycles. The molecular weight excluding hydrogens is 226 g/mol. The molecule has 2 saturated heterocycles. The van der Waals surface area contributed by atoms with Crippen LogP contribution in [-0.2, 0) is 0 Å². The third-order valence-electron chi connectivity index (χ3n) is 4.38. The summed E-state index contributed by atoms with van der Waals surface area (Å²) in [6, 6.07) is 0.605. The quantitative estimate of drug-likeness (QED) is 0.834. The fourth-order valence-corrected chi connectivity index (χ4v) is 2.87. The smallest absolute Gasteiger partial charge is 0.317 e. The van der Waals surface area contributed by atoms with Gasteiger partial charge in [0.2, 0.25) is 0 Å². The molecule has 0 aromatic rings. The van der Waals surface area contributed by atoms with Gasteiger partial charge in [0, 0.05) is 25.7 Å². The van der Waals surface area contributed by atoms with Crippen molar-refractivity contribution in [2.24, 2.45) is 5.92 Å². The van der Waals surface area contributed by atoms with E-state index in [0.717, 1.165) is 38.4 Å². The summed E-state index contributed by atoms with van der Waals surface area (Å²) in [6.07, 6.45) is 4.91. The normalized spacial score (nSPS) is 24.2. The molecule has 2 aliphatic rings. The fourth-order valence-electron chi connectivity index (χ4n) is 2.87. The first-order chi connectivity index (χ1) is 8.66. The highest BCUT2D eigenvalue weighted by atomic mass is 16.2. The van der Waals surface area contributed by atoms with E-state index >= 15 is 0 Å². The summed E-state index contributed by atoms with van der Waals surface area (Å²) in [7, 11) is 0. The number of amides is 2. The van der Waals surface area contributed by atoms with Gasteiger partial charge in [-0.15, -0.1) is 0 Å². The molecule has 2 aliphatic heterocycles. The lowest BCUT2D eigenvalue weighted by Gasteiger charge is -2.31. The Labute approximate surface area is 111 Å². The van der Waals surface area contributed by atoms with Crippen LogP contribution in [0.3, 0.4) is 0 Å². The van der Waals surface area contributed by atoms with E-state index in [1.807, 2.05) is 4.90 Å². The number of piperidine rings is 1. The topological polar surface area (TPSA) is 35.6 Å². The van der Waals surface area contributed by atoms with Crippen LogP contribution in [0.15, 0.2) is 0 Å². The van der Waals surface area contributed by atoms with Crippen molar-refractivity contribution in [2.75, 3.05) is 32.7 Å². The van der Waals surface area contributed by atoms with Gasteiger partial charge in [-0.25, -0.2) is 4.79 Å². The molecule has 0 aromatic heterocycles. The van der Waals surface area contributed by atoms with Crippen LogP contribution < -0.4 is 5.32 Å². The largest absolute Gasteiger partial charge is 0.336 e. The molecule has 104 valence electrons. The molecular formula is C14H27N3O. The maximum atomic E-state index is 12.0. The van der Waals surface area contributed by atoms with Gasteiger partial charge in [-0.2, -0.15) is 0 Å². The van der Waals surface area contributed by atoms with Crippen molar-refractivity contribution in [1.29, 1.82) is 0 Å². The summed E-state index contributed by atoms with van der Waals surface area (Å²) < 4.78 is 0. The Morgan fingerprint density at radius 3 is 2.44 bits per heavy atom. The molecule has 2 amide bonds. The molecule has 0 saturated carbocycles. The third kappa shape index (κ3) is 3.61. The van der Waals surface area contributed by atoms with Crippen LogP contribution in [0.4, 0.5) is 4.79 Å². The molecule has 0 bridgehead atoms. The van der Waals surface area contributed by atoms with Crippen LogP contribution in [-0.4, -0.2) is 54.6 Å². The monoisotopic (exact) mass is 253 g/mol. The highest BCUT2D eigenvalue weighted by Gasteiger charge is 2.22. The van der Waals surface area contributed by atoms with Crippen molar-refractivity contribution in [2.45, 2.75) is 45.6 Å². The second-order valence-electron chi connectivity index (χ2n) is 5.95. The van der Waals surface area contributed by atoms with Crippen molar-refractivity contribution in [3.8, 4) is 0 Å². The summed E-state index contributed by atoms with van der Waals surface area (Å²) >= 11 is 0. The second kappa shape index (κ2) is 6.41. The number of carbonyl (C=O) groups excluding carboxylic acids is 1. The van der Waals surface area contributed by atoms with Crippen molar-refractivity contribution >= 4 is 6.03 Å². The van der Waals surface area contributed by atoms with E-state index in [-0.39, 0.29) is 6.03 Å². The number of nitrogens with zero attached hydrogens (tertiary/aromatic N) is 2. The molecule has 0 radical (unpaired) electrons. The van der Waals surface area contributed by atoms with Crippen LogP contribution in [0, 0.1) is 5.92 Å². The minimum atomic E-state index is 0.132. The van der Waals surface area contributed by atoms with Gasteiger partial charge in [-0.3, -0.25) is 4.90 Å². The third-order valence-corrected chi connectivity index (χ3v) is 4.38. The first kappa shape index (κ1) is 13.7. The molecule has 2 heterocycles. The Morgan fingerprint density at radius 1 is 1.22 bits per heavy atom. The lowest BCUT2D eigenvalue weighted by atomic mass is 10.00. The molecule has 18 heavy (non-hydrogen) atoms. The summed E-state index contributed by atoms with van der Waals surface area (Å²) in [6.45, 7) is 9.49. The second-order valence-corrected chi connectivity index (χ2v) is 5.95. The van der Waals surface area contributed by atoms with Gasteiger partial charge < -0.3 is 10.2 Å². The SMILES string of the molecule is CC1CCN(C(=O)NCC(C)N2CCCC2)CC1. The molecule has 2 rings (SSSR count). The molecule has 4 heteroatoms. The first-order valence-corrected chi connectivity index (χ1v) is 7.43. The predicted molar refractivity (Wildman–Crippen MR) is 73.6 cm³/mol. The van der Waals surface area contributed by atoms with Gasteiger partial charge in [-0.05, 0) is 51.6 Å². The number of carbonyl (C=O) groups is 1. The van der Waals surface area contributed by atoms with Crippen molar-refractivity contribution in [1.82, 2.24) is 15.1 Å². The number of urea groups is 1. The first-order valence-electron chi connectivity index (χ1n) is 7.43. The van der Waals surface area contributed by atoms with Gasteiger partial charge in [0.15, 0.2) is 0 Å². The minimum Gasteiger partial charge on any atom is -0.336 e. The van der Waals surface area contributed by atoms with Gasteiger partial charge in [0.05, 0.1) is 0 Å². The number of hydrogen-bond donors (Lipinski definition) is 1. The summed E-state index contributed by atoms with van der Waals surface area (Å²) in [5, 5.41) is 3.09. The van der Waals surface area contributed by atoms with Crippen molar-refractivity contribution in [3.63, 3.8) is 0 Å². The van der Waals surface area contributed by atoms with Crippen LogP contribution in [0.5, 0.6) is 0 Å². The van der Waals surface area contributed by atoms with E-state index in [2.05, 4.69) is 24.1 Å². The summed E-state index contributed by atoms with van der Waals surface area (Å²) in [5.74, 6) is 0.776. The van der Waals surface area contributed by atoms with Crippen molar-refractivity contribution < 1.29 is 4.79 Å². The Kier molecular flexibility index (Phi) is 4.87. The van der Waals surface area contributed by atoms with E-state index in [1.54, 1.807) is 0 Å². The maximum Gasteiger partial charge on any atom is 0.317 e. The van der Waals surface area contributed by atoms with E-state index in [4.69, 9.17) is 0 Å². The predicted octanol–water partition coefficient (Wildman–Crippen LogP) is 1.91. The van der Waals surface area contributed by atoms with Crippen molar-refractivity contribution in [3.05, 3.63) is 0 Å². The molecule has 2 fully saturated rings. The zero-order valence-corrected chi connectivity index (χ0v) is 11.8. The summed E-state index contributed by atoms with van der Waals surface area (Å²) in [4.78, 5) is 16.5. The van der Waals surface area contributed by atoms with Crippen LogP contribution in [0.1, 0.15) is 39.5 Å². The minimum absolute atomic E-state index is 0.132. The average molecular weight is 253 g/mol. The van der Waals surface area contributed by atoms with E-state index in [9.17, 15) is 4.79 Å². The summed E-state index contributed by atoms with van der Waals surface area (Å²) in [5.41, 5.74) is 0. The van der Waals surface area contributed by atoms with Gasteiger partial charge >= 0.3 is 6.03 Å².